The van der Waals surface area contributed by atoms with Crippen molar-refractivity contribution in [3.05, 3.63) is 84.1 Å². The van der Waals surface area contributed by atoms with Crippen LogP contribution in [0.1, 0.15) is 21.8 Å². The smallest absolute Gasteiger partial charge is 0.255 e. The number of benzene rings is 1. The van der Waals surface area contributed by atoms with Crippen LogP contribution in [0.25, 0.3) is 0 Å². The van der Waals surface area contributed by atoms with E-state index in [1.165, 1.54) is 0 Å². The minimum absolute atomic E-state index is 0.168. The molecule has 0 aliphatic heterocycles. The van der Waals surface area contributed by atoms with Crippen molar-refractivity contribution in [2.75, 3.05) is 6.61 Å². The van der Waals surface area contributed by atoms with Gasteiger partial charge >= 0.3 is 0 Å². The average Bonchev–Trinajstić information content (AvgIpc) is 3.20. The maximum absolute atomic E-state index is 13.0. The van der Waals surface area contributed by atoms with Gasteiger partial charge in [-0.25, -0.2) is 0 Å². The van der Waals surface area contributed by atoms with Crippen molar-refractivity contribution in [3.63, 3.8) is 0 Å². The van der Waals surface area contributed by atoms with Crippen LogP contribution < -0.4 is 10.5 Å². The van der Waals surface area contributed by atoms with Crippen molar-refractivity contribution in [3.8, 4) is 5.75 Å². The molecule has 7 heteroatoms. The number of nitrogens with two attached hydrogens (primary N) is 1. The first-order valence-corrected chi connectivity index (χ1v) is 8.34. The second kappa shape index (κ2) is 8.66. The molecule has 0 bridgehead atoms. The van der Waals surface area contributed by atoms with Gasteiger partial charge in [0.1, 0.15) is 11.5 Å². The first-order valence-electron chi connectivity index (χ1n) is 8.34. The molecule has 0 saturated carbocycles. The van der Waals surface area contributed by atoms with E-state index in [0.717, 1.165) is 5.69 Å². The van der Waals surface area contributed by atoms with E-state index < -0.39 is 5.91 Å². The van der Waals surface area contributed by atoms with Crippen molar-refractivity contribution in [1.29, 1.82) is 0 Å². The standard InChI is InChI=1S/C20H19N3O4/c21-19(24)14-27-17-8-6-15(7-9-17)20(25)23(13-18-5-3-11-26-18)12-16-4-1-2-10-22-16/h1-11H,12-14H2,(H2,21,24). The van der Waals surface area contributed by atoms with Gasteiger partial charge in [0, 0.05) is 11.8 Å². The van der Waals surface area contributed by atoms with Crippen LogP contribution in [0.5, 0.6) is 5.75 Å². The summed E-state index contributed by atoms with van der Waals surface area (Å²) in [5.74, 6) is 0.419. The second-order valence-corrected chi connectivity index (χ2v) is 5.84. The number of carbonyl (C=O) groups is 2. The topological polar surface area (TPSA) is 98.7 Å². The molecule has 0 atom stereocenters. The summed E-state index contributed by atoms with van der Waals surface area (Å²) in [4.78, 5) is 29.7. The third-order valence-corrected chi connectivity index (χ3v) is 3.78. The lowest BCUT2D eigenvalue weighted by atomic mass is 10.1. The summed E-state index contributed by atoms with van der Waals surface area (Å²) in [6.45, 7) is 0.459. The van der Waals surface area contributed by atoms with E-state index in [-0.39, 0.29) is 12.5 Å². The lowest BCUT2D eigenvalue weighted by molar-refractivity contribution is -0.119. The molecule has 3 aromatic rings. The highest BCUT2D eigenvalue weighted by atomic mass is 16.5. The first kappa shape index (κ1) is 18.2. The Hall–Kier alpha value is -3.61. The number of primary amides is 1. The summed E-state index contributed by atoms with van der Waals surface area (Å²) in [6, 6.07) is 15.7. The van der Waals surface area contributed by atoms with Gasteiger partial charge in [-0.3, -0.25) is 14.6 Å². The van der Waals surface area contributed by atoms with Crippen LogP contribution in [-0.2, 0) is 17.9 Å². The molecular weight excluding hydrogens is 346 g/mol. The Morgan fingerprint density at radius 1 is 1.04 bits per heavy atom. The van der Waals surface area contributed by atoms with Crippen molar-refractivity contribution < 1.29 is 18.7 Å². The van der Waals surface area contributed by atoms with E-state index in [0.29, 0.717) is 30.2 Å². The van der Waals surface area contributed by atoms with Crippen molar-refractivity contribution in [2.45, 2.75) is 13.1 Å². The molecule has 2 N–H and O–H groups in total. The molecule has 0 fully saturated rings. The minimum atomic E-state index is -0.560. The number of pyridine rings is 1. The maximum Gasteiger partial charge on any atom is 0.255 e. The van der Waals surface area contributed by atoms with E-state index >= 15 is 0 Å². The normalized spacial score (nSPS) is 10.4. The predicted molar refractivity (Wildman–Crippen MR) is 97.7 cm³/mol. The van der Waals surface area contributed by atoms with Crippen molar-refractivity contribution in [1.82, 2.24) is 9.88 Å². The van der Waals surface area contributed by atoms with Gasteiger partial charge in [-0.15, -0.1) is 0 Å². The molecule has 3 rings (SSSR count). The zero-order valence-corrected chi connectivity index (χ0v) is 14.6. The summed E-state index contributed by atoms with van der Waals surface area (Å²) < 4.78 is 10.6. The lowest BCUT2D eigenvalue weighted by Crippen LogP contribution is -2.30. The molecule has 0 unspecified atom stereocenters. The molecular formula is C20H19N3O4. The highest BCUT2D eigenvalue weighted by molar-refractivity contribution is 5.94. The highest BCUT2D eigenvalue weighted by Gasteiger charge is 2.18. The van der Waals surface area contributed by atoms with E-state index in [4.69, 9.17) is 14.9 Å². The number of ether oxygens (including phenoxy) is 1. The summed E-state index contributed by atoms with van der Waals surface area (Å²) in [7, 11) is 0. The van der Waals surface area contributed by atoms with E-state index in [2.05, 4.69) is 4.98 Å². The molecule has 0 radical (unpaired) electrons. The van der Waals surface area contributed by atoms with Gasteiger partial charge in [-0.05, 0) is 48.5 Å². The number of carbonyl (C=O) groups excluding carboxylic acids is 2. The monoisotopic (exact) mass is 365 g/mol. The summed E-state index contributed by atoms with van der Waals surface area (Å²) in [6.07, 6.45) is 3.26. The van der Waals surface area contributed by atoms with Crippen LogP contribution in [0.3, 0.4) is 0 Å². The number of amides is 2. The van der Waals surface area contributed by atoms with Crippen LogP contribution in [0.15, 0.2) is 71.5 Å². The number of furan rings is 1. The fourth-order valence-electron chi connectivity index (χ4n) is 2.51. The molecule has 2 amide bonds. The zero-order chi connectivity index (χ0) is 19.1. The van der Waals surface area contributed by atoms with Gasteiger partial charge in [-0.1, -0.05) is 6.07 Å². The Labute approximate surface area is 156 Å². The van der Waals surface area contributed by atoms with E-state index in [9.17, 15) is 9.59 Å². The third kappa shape index (κ3) is 5.18. The Morgan fingerprint density at radius 3 is 2.48 bits per heavy atom. The SMILES string of the molecule is NC(=O)COc1ccc(C(=O)N(Cc2ccccn2)Cc2ccco2)cc1. The molecule has 0 aliphatic rings. The third-order valence-electron chi connectivity index (χ3n) is 3.78. The zero-order valence-electron chi connectivity index (χ0n) is 14.6. The van der Waals surface area contributed by atoms with Gasteiger partial charge in [0.15, 0.2) is 6.61 Å². The maximum atomic E-state index is 13.0. The summed E-state index contributed by atoms with van der Waals surface area (Å²) in [5.41, 5.74) is 6.32. The van der Waals surface area contributed by atoms with Gasteiger partial charge in [0.05, 0.1) is 25.0 Å². The predicted octanol–water partition coefficient (Wildman–Crippen LogP) is 2.38. The van der Waals surface area contributed by atoms with Crippen molar-refractivity contribution in [2.24, 2.45) is 5.73 Å². The van der Waals surface area contributed by atoms with Crippen LogP contribution >= 0.6 is 0 Å². The quantitative estimate of drug-likeness (QED) is 0.661. The van der Waals surface area contributed by atoms with Crippen LogP contribution in [0.2, 0.25) is 0 Å². The fraction of sp³-hybridized carbons (Fsp3) is 0.150. The molecule has 2 heterocycles. The van der Waals surface area contributed by atoms with E-state index in [1.54, 1.807) is 47.7 Å². The number of hydrogen-bond acceptors (Lipinski definition) is 5. The molecule has 7 nitrogen and oxygen atoms in total. The molecule has 138 valence electrons. The fourth-order valence-corrected chi connectivity index (χ4v) is 2.51. The van der Waals surface area contributed by atoms with Crippen molar-refractivity contribution >= 4 is 11.8 Å². The van der Waals surface area contributed by atoms with Crippen LogP contribution in [0, 0.1) is 0 Å². The largest absolute Gasteiger partial charge is 0.484 e. The van der Waals surface area contributed by atoms with Gasteiger partial charge < -0.3 is 19.8 Å². The Bertz CT molecular complexity index is 877. The number of hydrogen-bond donors (Lipinski definition) is 1. The Kier molecular flexibility index (Phi) is 5.84. The minimum Gasteiger partial charge on any atom is -0.484 e. The van der Waals surface area contributed by atoms with Gasteiger partial charge in [0.2, 0.25) is 0 Å². The molecule has 0 saturated heterocycles. The van der Waals surface area contributed by atoms with Crippen LogP contribution in [-0.4, -0.2) is 28.3 Å². The first-order chi connectivity index (χ1) is 13.1. The highest BCUT2D eigenvalue weighted by Crippen LogP contribution is 2.17. The molecule has 0 aliphatic carbocycles. The average molecular weight is 365 g/mol. The summed E-state index contributed by atoms with van der Waals surface area (Å²) >= 11 is 0. The second-order valence-electron chi connectivity index (χ2n) is 5.84. The molecule has 27 heavy (non-hydrogen) atoms. The molecule has 0 spiro atoms. The Morgan fingerprint density at radius 2 is 1.85 bits per heavy atom. The molecule has 2 aromatic heterocycles. The van der Waals surface area contributed by atoms with Gasteiger partial charge in [0.25, 0.3) is 11.8 Å². The van der Waals surface area contributed by atoms with E-state index in [1.807, 2.05) is 24.3 Å². The Balaban J connectivity index is 1.76. The summed E-state index contributed by atoms with van der Waals surface area (Å²) in [5, 5.41) is 0. The van der Waals surface area contributed by atoms with Crippen LogP contribution in [0.4, 0.5) is 0 Å². The molecule has 1 aromatic carbocycles. The number of rotatable bonds is 8. The number of aromatic nitrogens is 1. The number of nitrogens with zero attached hydrogens (tertiary/aromatic N) is 2. The lowest BCUT2D eigenvalue weighted by Gasteiger charge is -2.21. The van der Waals surface area contributed by atoms with Gasteiger partial charge in [-0.2, -0.15) is 0 Å².